The van der Waals surface area contributed by atoms with E-state index in [9.17, 15) is 17.6 Å². The van der Waals surface area contributed by atoms with Crippen molar-refractivity contribution in [2.75, 3.05) is 26.2 Å². The molecule has 1 amide bonds. The van der Waals surface area contributed by atoms with E-state index >= 15 is 0 Å². The summed E-state index contributed by atoms with van der Waals surface area (Å²) in [5, 5.41) is 8.85. The van der Waals surface area contributed by atoms with Crippen LogP contribution in [0.4, 0.5) is 4.39 Å². The van der Waals surface area contributed by atoms with Crippen molar-refractivity contribution in [3.05, 3.63) is 65.5 Å². The van der Waals surface area contributed by atoms with Gasteiger partial charge in [-0.05, 0) is 48.2 Å². The van der Waals surface area contributed by atoms with Crippen molar-refractivity contribution in [3.8, 4) is 6.07 Å². The third kappa shape index (κ3) is 3.76. The number of nitriles is 1. The van der Waals surface area contributed by atoms with Crippen LogP contribution in [0.15, 0.2) is 53.4 Å². The summed E-state index contributed by atoms with van der Waals surface area (Å²) in [6.45, 7) is 1.06. The molecule has 2 unspecified atom stereocenters. The zero-order valence-corrected chi connectivity index (χ0v) is 16.5. The molecule has 1 saturated heterocycles. The summed E-state index contributed by atoms with van der Waals surface area (Å²) in [6, 6.07) is 14.3. The van der Waals surface area contributed by atoms with E-state index in [0.717, 1.165) is 0 Å². The minimum Gasteiger partial charge on any atom is -0.340 e. The summed E-state index contributed by atoms with van der Waals surface area (Å²) >= 11 is 0. The average Bonchev–Trinajstić information content (AvgIpc) is 3.54. The summed E-state index contributed by atoms with van der Waals surface area (Å²) in [4.78, 5) is 14.6. The second-order valence-electron chi connectivity index (χ2n) is 7.34. The van der Waals surface area contributed by atoms with Gasteiger partial charge in [-0.1, -0.05) is 18.2 Å². The molecule has 2 aromatic carbocycles. The van der Waals surface area contributed by atoms with Crippen molar-refractivity contribution in [2.45, 2.75) is 17.2 Å². The Morgan fingerprint density at radius 1 is 1.03 bits per heavy atom. The molecule has 1 saturated carbocycles. The van der Waals surface area contributed by atoms with Crippen LogP contribution in [0.2, 0.25) is 0 Å². The Balaban J connectivity index is 1.37. The van der Waals surface area contributed by atoms with Crippen LogP contribution in [0, 0.1) is 23.1 Å². The Hall–Kier alpha value is -2.76. The predicted molar refractivity (Wildman–Crippen MR) is 104 cm³/mol. The fraction of sp³-hybridized carbons (Fsp3) is 0.333. The maximum absolute atomic E-state index is 13.9. The molecule has 8 heteroatoms. The summed E-state index contributed by atoms with van der Waals surface area (Å²) in [7, 11) is -3.66. The Bertz CT molecular complexity index is 1070. The number of sulfonamides is 1. The first-order valence-electron chi connectivity index (χ1n) is 9.45. The molecule has 2 aromatic rings. The molecule has 2 fully saturated rings. The third-order valence-corrected chi connectivity index (χ3v) is 7.50. The molecule has 2 atom stereocenters. The Kier molecular flexibility index (Phi) is 5.11. The number of benzene rings is 2. The first-order valence-corrected chi connectivity index (χ1v) is 10.9. The molecular weight excluding hydrogens is 393 g/mol. The van der Waals surface area contributed by atoms with Gasteiger partial charge >= 0.3 is 0 Å². The van der Waals surface area contributed by atoms with Gasteiger partial charge in [0.05, 0.1) is 16.5 Å². The van der Waals surface area contributed by atoms with E-state index in [0.29, 0.717) is 30.6 Å². The summed E-state index contributed by atoms with van der Waals surface area (Å²) in [6.07, 6.45) is 0.628. The first-order chi connectivity index (χ1) is 13.9. The molecule has 6 nitrogen and oxygen atoms in total. The summed E-state index contributed by atoms with van der Waals surface area (Å²) in [5.41, 5.74) is 0.973. The van der Waals surface area contributed by atoms with Gasteiger partial charge in [0.2, 0.25) is 15.9 Å². The fourth-order valence-electron chi connectivity index (χ4n) is 3.82. The van der Waals surface area contributed by atoms with Crippen molar-refractivity contribution in [1.82, 2.24) is 9.21 Å². The number of nitrogens with zero attached hydrogens (tertiary/aromatic N) is 3. The standard InChI is InChI=1S/C21H20FN3O3S/c22-20-4-2-1-3-17(20)18-13-19(18)21(26)24-9-11-25(12-10-24)29(27,28)16-7-5-15(14-23)6-8-16/h1-8,18-19H,9-13H2. The lowest BCUT2D eigenvalue weighted by atomic mass is 10.1. The number of amides is 1. The highest BCUT2D eigenvalue weighted by Crippen LogP contribution is 2.49. The van der Waals surface area contributed by atoms with Gasteiger partial charge in [-0.2, -0.15) is 9.57 Å². The molecule has 4 rings (SSSR count). The highest BCUT2D eigenvalue weighted by molar-refractivity contribution is 7.89. The van der Waals surface area contributed by atoms with Gasteiger partial charge in [0, 0.05) is 32.1 Å². The van der Waals surface area contributed by atoms with E-state index < -0.39 is 10.0 Å². The SMILES string of the molecule is N#Cc1ccc(S(=O)(=O)N2CCN(C(=O)C3CC3c3ccccc3F)CC2)cc1. The molecule has 0 N–H and O–H groups in total. The van der Waals surface area contributed by atoms with E-state index in [1.807, 2.05) is 6.07 Å². The Morgan fingerprint density at radius 2 is 1.69 bits per heavy atom. The molecular formula is C21H20FN3O3S. The monoisotopic (exact) mass is 413 g/mol. The number of carbonyl (C=O) groups is 1. The Labute approximate surface area is 169 Å². The molecule has 2 aliphatic rings. The summed E-state index contributed by atoms with van der Waals surface area (Å²) in [5.74, 6) is -0.641. The number of hydrogen-bond acceptors (Lipinski definition) is 4. The number of piperazine rings is 1. The number of halogens is 1. The molecule has 29 heavy (non-hydrogen) atoms. The maximum atomic E-state index is 13.9. The minimum atomic E-state index is -3.66. The van der Waals surface area contributed by atoms with Crippen molar-refractivity contribution < 1.29 is 17.6 Å². The number of carbonyl (C=O) groups excluding carboxylic acids is 1. The van der Waals surface area contributed by atoms with Gasteiger partial charge in [-0.3, -0.25) is 4.79 Å². The predicted octanol–water partition coefficient (Wildman–Crippen LogP) is 2.33. The molecule has 1 heterocycles. The van der Waals surface area contributed by atoms with E-state index in [1.54, 1.807) is 23.1 Å². The lowest BCUT2D eigenvalue weighted by Gasteiger charge is -2.34. The number of hydrogen-bond donors (Lipinski definition) is 0. The normalized spacial score (nSPS) is 22.1. The summed E-state index contributed by atoms with van der Waals surface area (Å²) < 4.78 is 40.9. The van der Waals surface area contributed by atoms with Gasteiger partial charge in [-0.15, -0.1) is 0 Å². The maximum Gasteiger partial charge on any atom is 0.243 e. The van der Waals surface area contributed by atoms with Crippen LogP contribution in [0.25, 0.3) is 0 Å². The highest BCUT2D eigenvalue weighted by Gasteiger charge is 2.47. The van der Waals surface area contributed by atoms with Crippen LogP contribution in [-0.2, 0) is 14.8 Å². The van der Waals surface area contributed by atoms with Crippen LogP contribution in [0.1, 0.15) is 23.5 Å². The third-order valence-electron chi connectivity index (χ3n) is 5.58. The van der Waals surface area contributed by atoms with E-state index in [1.165, 1.54) is 34.6 Å². The first kappa shape index (κ1) is 19.6. The topological polar surface area (TPSA) is 81.5 Å². The average molecular weight is 413 g/mol. The van der Waals surface area contributed by atoms with Gasteiger partial charge in [0.25, 0.3) is 0 Å². The molecule has 1 aliphatic carbocycles. The lowest BCUT2D eigenvalue weighted by Crippen LogP contribution is -2.51. The molecule has 1 aliphatic heterocycles. The van der Waals surface area contributed by atoms with Gasteiger partial charge < -0.3 is 4.90 Å². The van der Waals surface area contributed by atoms with Crippen molar-refractivity contribution in [3.63, 3.8) is 0 Å². The smallest absolute Gasteiger partial charge is 0.243 e. The molecule has 0 spiro atoms. The zero-order valence-electron chi connectivity index (χ0n) is 15.7. The van der Waals surface area contributed by atoms with Crippen LogP contribution in [0.5, 0.6) is 0 Å². The van der Waals surface area contributed by atoms with Crippen LogP contribution < -0.4 is 0 Å². The van der Waals surface area contributed by atoms with E-state index in [4.69, 9.17) is 5.26 Å². The molecule has 0 aromatic heterocycles. The van der Waals surface area contributed by atoms with Crippen LogP contribution in [-0.4, -0.2) is 49.7 Å². The number of rotatable bonds is 4. The van der Waals surface area contributed by atoms with Crippen molar-refractivity contribution in [2.24, 2.45) is 5.92 Å². The zero-order chi connectivity index (χ0) is 20.6. The van der Waals surface area contributed by atoms with Gasteiger partial charge in [-0.25, -0.2) is 12.8 Å². The quantitative estimate of drug-likeness (QED) is 0.770. The van der Waals surface area contributed by atoms with Gasteiger partial charge in [0.15, 0.2) is 0 Å². The minimum absolute atomic E-state index is 0.0336. The van der Waals surface area contributed by atoms with Gasteiger partial charge in [0.1, 0.15) is 5.82 Å². The highest BCUT2D eigenvalue weighted by atomic mass is 32.2. The molecule has 150 valence electrons. The lowest BCUT2D eigenvalue weighted by molar-refractivity contribution is -0.133. The van der Waals surface area contributed by atoms with Crippen molar-refractivity contribution in [1.29, 1.82) is 5.26 Å². The second-order valence-corrected chi connectivity index (χ2v) is 9.27. The van der Waals surface area contributed by atoms with Crippen LogP contribution >= 0.6 is 0 Å². The molecule has 0 radical (unpaired) electrons. The second kappa shape index (κ2) is 7.58. The van der Waals surface area contributed by atoms with E-state index in [2.05, 4.69) is 0 Å². The fourth-order valence-corrected chi connectivity index (χ4v) is 5.24. The Morgan fingerprint density at radius 3 is 2.31 bits per heavy atom. The van der Waals surface area contributed by atoms with Crippen LogP contribution in [0.3, 0.4) is 0 Å². The largest absolute Gasteiger partial charge is 0.340 e. The van der Waals surface area contributed by atoms with Crippen molar-refractivity contribution >= 4 is 15.9 Å². The molecule has 0 bridgehead atoms. The van der Waals surface area contributed by atoms with E-state index in [-0.39, 0.29) is 41.5 Å².